The zero-order valence-electron chi connectivity index (χ0n) is 9.91. The Labute approximate surface area is 93.4 Å². The van der Waals surface area contributed by atoms with Crippen LogP contribution in [0.4, 0.5) is 0 Å². The van der Waals surface area contributed by atoms with Gasteiger partial charge in [0.15, 0.2) is 0 Å². The molecule has 1 atom stereocenters. The number of likely N-dealkylation sites (tertiary alicyclic amines) is 1. The first-order chi connectivity index (χ1) is 7.38. The van der Waals surface area contributed by atoms with E-state index < -0.39 is 0 Å². The largest absolute Gasteiger partial charge is 0.316 e. The molecule has 1 heterocycles. The number of hydrogen-bond acceptors (Lipinski definition) is 2. The second-order valence-corrected chi connectivity index (χ2v) is 5.79. The Morgan fingerprint density at radius 3 is 2.27 bits per heavy atom. The fourth-order valence-corrected chi connectivity index (χ4v) is 3.37. The first-order valence-corrected chi connectivity index (χ1v) is 6.80. The van der Waals surface area contributed by atoms with E-state index in [0.29, 0.717) is 0 Å². The minimum absolute atomic E-state index is 0.763. The molecule has 0 spiro atoms. The van der Waals surface area contributed by atoms with Gasteiger partial charge in [0.05, 0.1) is 0 Å². The second-order valence-electron chi connectivity index (χ2n) is 5.79. The van der Waals surface area contributed by atoms with Gasteiger partial charge in [0.25, 0.3) is 0 Å². The maximum absolute atomic E-state index is 3.47. The molecule has 0 aromatic heterocycles. The third-order valence-corrected chi connectivity index (χ3v) is 4.49. The molecule has 0 radical (unpaired) electrons. The summed E-state index contributed by atoms with van der Waals surface area (Å²) in [6, 6.07) is 1.74. The van der Waals surface area contributed by atoms with Gasteiger partial charge in [0.1, 0.15) is 0 Å². The molecule has 2 aliphatic carbocycles. The molecule has 86 valence electrons. The fourth-order valence-electron chi connectivity index (χ4n) is 3.37. The van der Waals surface area contributed by atoms with E-state index in [2.05, 4.69) is 17.3 Å². The number of hydrogen-bond donors (Lipinski definition) is 1. The van der Waals surface area contributed by atoms with Crippen molar-refractivity contribution in [3.8, 4) is 0 Å². The van der Waals surface area contributed by atoms with Crippen molar-refractivity contribution in [2.75, 3.05) is 20.1 Å². The molecule has 0 aromatic carbocycles. The van der Waals surface area contributed by atoms with Crippen LogP contribution in [0.3, 0.4) is 0 Å². The Balaban J connectivity index is 1.62. The highest BCUT2D eigenvalue weighted by atomic mass is 15.2. The van der Waals surface area contributed by atoms with Crippen LogP contribution in [-0.4, -0.2) is 37.1 Å². The lowest BCUT2D eigenvalue weighted by Crippen LogP contribution is -2.50. The summed E-state index contributed by atoms with van der Waals surface area (Å²) in [6.45, 7) is 2.68. The van der Waals surface area contributed by atoms with E-state index in [-0.39, 0.29) is 0 Å². The van der Waals surface area contributed by atoms with Gasteiger partial charge in [0, 0.05) is 18.6 Å². The molecule has 3 aliphatic rings. The van der Waals surface area contributed by atoms with E-state index in [4.69, 9.17) is 0 Å². The van der Waals surface area contributed by atoms with Gasteiger partial charge >= 0.3 is 0 Å². The van der Waals surface area contributed by atoms with Crippen LogP contribution in [0, 0.1) is 11.8 Å². The van der Waals surface area contributed by atoms with E-state index in [0.717, 1.165) is 23.9 Å². The van der Waals surface area contributed by atoms with Crippen molar-refractivity contribution in [1.82, 2.24) is 10.2 Å². The summed E-state index contributed by atoms with van der Waals surface area (Å²) in [7, 11) is 2.12. The smallest absolute Gasteiger partial charge is 0.0192 e. The van der Waals surface area contributed by atoms with Gasteiger partial charge in [-0.05, 0) is 64.0 Å². The number of likely N-dealkylation sites (N-methyl/N-ethyl adjacent to an activating group) is 1. The predicted octanol–water partition coefficient (Wildman–Crippen LogP) is 1.86. The zero-order chi connectivity index (χ0) is 10.3. The van der Waals surface area contributed by atoms with Gasteiger partial charge in [-0.2, -0.15) is 0 Å². The third kappa shape index (κ3) is 2.21. The molecular weight excluding hydrogens is 184 g/mol. The summed E-state index contributed by atoms with van der Waals surface area (Å²) in [4.78, 5) is 2.82. The minimum Gasteiger partial charge on any atom is -0.316 e. The van der Waals surface area contributed by atoms with Gasteiger partial charge in [-0.1, -0.05) is 0 Å². The Kier molecular flexibility index (Phi) is 2.73. The van der Waals surface area contributed by atoms with E-state index in [1.165, 1.54) is 51.6 Å². The number of nitrogens with zero attached hydrogens (tertiary/aromatic N) is 1. The average molecular weight is 208 g/mol. The zero-order valence-corrected chi connectivity index (χ0v) is 9.91. The number of piperidine rings is 1. The SMILES string of the molecule is CNC1CCCN(C(C2CC2)C2CC2)C1. The Bertz CT molecular complexity index is 209. The summed E-state index contributed by atoms with van der Waals surface area (Å²) in [5, 5.41) is 3.47. The summed E-state index contributed by atoms with van der Waals surface area (Å²) >= 11 is 0. The van der Waals surface area contributed by atoms with Crippen LogP contribution in [0.5, 0.6) is 0 Å². The summed E-state index contributed by atoms with van der Waals surface area (Å²) in [5.41, 5.74) is 0. The normalized spacial score (nSPS) is 33.6. The van der Waals surface area contributed by atoms with Crippen molar-refractivity contribution < 1.29 is 0 Å². The molecular formula is C13H24N2. The van der Waals surface area contributed by atoms with Crippen LogP contribution in [0.25, 0.3) is 0 Å². The quantitative estimate of drug-likeness (QED) is 0.758. The lowest BCUT2D eigenvalue weighted by molar-refractivity contribution is 0.111. The summed E-state index contributed by atoms with van der Waals surface area (Å²) in [6.07, 6.45) is 8.85. The minimum atomic E-state index is 0.763. The van der Waals surface area contributed by atoms with E-state index >= 15 is 0 Å². The van der Waals surface area contributed by atoms with Crippen molar-refractivity contribution in [3.63, 3.8) is 0 Å². The molecule has 1 N–H and O–H groups in total. The number of nitrogens with one attached hydrogen (secondary N) is 1. The van der Waals surface area contributed by atoms with Crippen molar-refractivity contribution in [1.29, 1.82) is 0 Å². The van der Waals surface area contributed by atoms with Gasteiger partial charge in [-0.25, -0.2) is 0 Å². The molecule has 2 saturated carbocycles. The summed E-state index contributed by atoms with van der Waals surface area (Å²) < 4.78 is 0. The van der Waals surface area contributed by atoms with E-state index in [9.17, 15) is 0 Å². The van der Waals surface area contributed by atoms with Gasteiger partial charge in [0.2, 0.25) is 0 Å². The fraction of sp³-hybridized carbons (Fsp3) is 1.00. The third-order valence-electron chi connectivity index (χ3n) is 4.49. The van der Waals surface area contributed by atoms with Gasteiger partial charge < -0.3 is 5.32 Å². The average Bonchev–Trinajstić information content (AvgIpc) is 3.12. The van der Waals surface area contributed by atoms with Crippen LogP contribution in [0.15, 0.2) is 0 Å². The lowest BCUT2D eigenvalue weighted by atomic mass is 9.99. The Hall–Kier alpha value is -0.0800. The molecule has 15 heavy (non-hydrogen) atoms. The molecule has 1 unspecified atom stereocenters. The molecule has 2 nitrogen and oxygen atoms in total. The summed E-state index contributed by atoms with van der Waals surface area (Å²) in [5.74, 6) is 2.15. The van der Waals surface area contributed by atoms with Crippen molar-refractivity contribution in [2.45, 2.75) is 50.6 Å². The first-order valence-electron chi connectivity index (χ1n) is 6.80. The van der Waals surface area contributed by atoms with Crippen LogP contribution >= 0.6 is 0 Å². The van der Waals surface area contributed by atoms with E-state index in [1.54, 1.807) is 0 Å². The highest BCUT2D eigenvalue weighted by Crippen LogP contribution is 2.47. The van der Waals surface area contributed by atoms with Crippen molar-refractivity contribution in [2.24, 2.45) is 11.8 Å². The second kappa shape index (κ2) is 4.06. The highest BCUT2D eigenvalue weighted by Gasteiger charge is 2.45. The maximum atomic E-state index is 3.47. The Morgan fingerprint density at radius 1 is 1.07 bits per heavy atom. The molecule has 2 heteroatoms. The van der Waals surface area contributed by atoms with Crippen molar-refractivity contribution >= 4 is 0 Å². The van der Waals surface area contributed by atoms with Crippen LogP contribution < -0.4 is 5.32 Å². The molecule has 3 fully saturated rings. The van der Waals surface area contributed by atoms with Crippen LogP contribution in [0.1, 0.15) is 38.5 Å². The topological polar surface area (TPSA) is 15.3 Å². The monoisotopic (exact) mass is 208 g/mol. The molecule has 0 bridgehead atoms. The van der Waals surface area contributed by atoms with E-state index in [1.807, 2.05) is 0 Å². The predicted molar refractivity (Wildman–Crippen MR) is 62.9 cm³/mol. The lowest BCUT2D eigenvalue weighted by Gasteiger charge is -2.38. The van der Waals surface area contributed by atoms with Crippen LogP contribution in [0.2, 0.25) is 0 Å². The molecule has 0 amide bonds. The highest BCUT2D eigenvalue weighted by molar-refractivity contribution is 4.99. The molecule has 3 rings (SSSR count). The maximum Gasteiger partial charge on any atom is 0.0192 e. The molecule has 0 aromatic rings. The van der Waals surface area contributed by atoms with Crippen LogP contribution in [-0.2, 0) is 0 Å². The molecule has 1 saturated heterocycles. The number of rotatable bonds is 4. The first kappa shape index (κ1) is 10.1. The Morgan fingerprint density at radius 2 is 1.73 bits per heavy atom. The standard InChI is InChI=1S/C13H24N2/c1-14-12-3-2-8-15(9-12)13(10-4-5-10)11-6-7-11/h10-14H,2-9H2,1H3. The van der Waals surface area contributed by atoms with Gasteiger partial charge in [-0.15, -0.1) is 0 Å². The molecule has 1 aliphatic heterocycles. The van der Waals surface area contributed by atoms with Gasteiger partial charge in [-0.3, -0.25) is 4.90 Å². The van der Waals surface area contributed by atoms with Crippen molar-refractivity contribution in [3.05, 3.63) is 0 Å².